The van der Waals surface area contributed by atoms with Gasteiger partial charge < -0.3 is 13.9 Å². The van der Waals surface area contributed by atoms with Gasteiger partial charge in [-0.05, 0) is 43.2 Å². The number of hydrogen-bond donors (Lipinski definition) is 0. The summed E-state index contributed by atoms with van der Waals surface area (Å²) in [4.78, 5) is 0. The van der Waals surface area contributed by atoms with Crippen LogP contribution in [0.4, 0.5) is 0 Å². The van der Waals surface area contributed by atoms with Crippen molar-refractivity contribution in [3.63, 3.8) is 0 Å². The lowest BCUT2D eigenvalue weighted by molar-refractivity contribution is 0.367. The Morgan fingerprint density at radius 3 is 2.58 bits per heavy atom. The van der Waals surface area contributed by atoms with E-state index in [-0.39, 0.29) is 0 Å². The Hall–Kier alpha value is -2.68. The molecule has 24 heavy (non-hydrogen) atoms. The normalized spacial score (nSPS) is 10.8. The lowest BCUT2D eigenvalue weighted by Crippen LogP contribution is -1.94. The minimum absolute atomic E-state index is 0.491. The molecule has 0 bridgehead atoms. The third-order valence-corrected chi connectivity index (χ3v) is 4.17. The Kier molecular flexibility index (Phi) is 4.90. The van der Waals surface area contributed by atoms with E-state index < -0.39 is 0 Å². The zero-order chi connectivity index (χ0) is 16.9. The predicted octanol–water partition coefficient (Wildman–Crippen LogP) is 5.10. The molecule has 3 nitrogen and oxygen atoms in total. The fraction of sp³-hybridized carbons (Fsp3) is 0.238. The minimum atomic E-state index is 0.491. The van der Waals surface area contributed by atoms with Crippen LogP contribution in [0.2, 0.25) is 0 Å². The number of aryl methyl sites for hydroxylation is 3. The first kappa shape index (κ1) is 16.2. The molecule has 3 aromatic rings. The highest BCUT2D eigenvalue weighted by molar-refractivity contribution is 5.88. The molecule has 0 amide bonds. The fourth-order valence-electron chi connectivity index (χ4n) is 2.87. The van der Waals surface area contributed by atoms with Crippen LogP contribution in [0.3, 0.4) is 0 Å². The van der Waals surface area contributed by atoms with E-state index in [0.717, 1.165) is 46.6 Å². The molecule has 0 atom stereocenters. The molecule has 3 heteroatoms. The van der Waals surface area contributed by atoms with Crippen molar-refractivity contribution in [2.24, 2.45) is 0 Å². The number of benzene rings is 2. The molecule has 3 rings (SSSR count). The molecule has 1 aromatic heterocycles. The Morgan fingerprint density at radius 1 is 1.08 bits per heavy atom. The second-order valence-corrected chi connectivity index (χ2v) is 5.73. The number of furan rings is 1. The summed E-state index contributed by atoms with van der Waals surface area (Å²) in [5.41, 5.74) is 3.29. The highest BCUT2D eigenvalue weighted by Gasteiger charge is 2.14. The van der Waals surface area contributed by atoms with Crippen molar-refractivity contribution >= 4 is 11.0 Å². The maximum absolute atomic E-state index is 6.06. The Balaban J connectivity index is 1.81. The highest BCUT2D eigenvalue weighted by Crippen LogP contribution is 2.33. The Bertz CT molecular complexity index is 828. The van der Waals surface area contributed by atoms with Gasteiger partial charge >= 0.3 is 0 Å². The van der Waals surface area contributed by atoms with Crippen LogP contribution >= 0.6 is 0 Å². The van der Waals surface area contributed by atoms with Gasteiger partial charge in [-0.1, -0.05) is 30.9 Å². The molecule has 0 aliphatic carbocycles. The SMILES string of the molecule is C=CCOc1cccc2oc(CCc3ccc(OC)cc3)c(C)c12. The molecule has 0 saturated carbocycles. The van der Waals surface area contributed by atoms with Crippen LogP contribution in [-0.4, -0.2) is 13.7 Å². The van der Waals surface area contributed by atoms with Crippen LogP contribution in [0.25, 0.3) is 11.0 Å². The van der Waals surface area contributed by atoms with Crippen molar-refractivity contribution in [1.82, 2.24) is 0 Å². The second-order valence-electron chi connectivity index (χ2n) is 5.73. The van der Waals surface area contributed by atoms with E-state index in [9.17, 15) is 0 Å². The number of fused-ring (bicyclic) bond motifs is 1. The summed E-state index contributed by atoms with van der Waals surface area (Å²) in [6, 6.07) is 14.1. The number of hydrogen-bond acceptors (Lipinski definition) is 3. The summed E-state index contributed by atoms with van der Waals surface area (Å²) in [6.45, 7) is 6.29. The van der Waals surface area contributed by atoms with Crippen molar-refractivity contribution in [2.75, 3.05) is 13.7 Å². The maximum Gasteiger partial charge on any atom is 0.138 e. The van der Waals surface area contributed by atoms with Gasteiger partial charge in [0.2, 0.25) is 0 Å². The van der Waals surface area contributed by atoms with Crippen molar-refractivity contribution < 1.29 is 13.9 Å². The smallest absolute Gasteiger partial charge is 0.138 e. The molecule has 0 N–H and O–H groups in total. The van der Waals surface area contributed by atoms with E-state index in [1.807, 2.05) is 30.3 Å². The van der Waals surface area contributed by atoms with Gasteiger partial charge in [0.1, 0.15) is 29.4 Å². The zero-order valence-electron chi connectivity index (χ0n) is 14.2. The summed E-state index contributed by atoms with van der Waals surface area (Å²) in [6.07, 6.45) is 3.53. The first-order valence-electron chi connectivity index (χ1n) is 8.10. The van der Waals surface area contributed by atoms with Gasteiger partial charge in [0.25, 0.3) is 0 Å². The van der Waals surface area contributed by atoms with Gasteiger partial charge in [0, 0.05) is 12.0 Å². The van der Waals surface area contributed by atoms with E-state index in [0.29, 0.717) is 6.61 Å². The summed E-state index contributed by atoms with van der Waals surface area (Å²) < 4.78 is 17.0. The van der Waals surface area contributed by atoms with Crippen molar-refractivity contribution in [2.45, 2.75) is 19.8 Å². The standard InChI is InChI=1S/C21H22O3/c1-4-14-23-19-6-5-7-20-21(19)15(2)18(24-20)13-10-16-8-11-17(22-3)12-9-16/h4-9,11-12H,1,10,13-14H2,2-3H3. The maximum atomic E-state index is 6.06. The number of methoxy groups -OCH3 is 1. The molecular weight excluding hydrogens is 300 g/mol. The summed E-state index contributed by atoms with van der Waals surface area (Å²) in [5.74, 6) is 2.74. The quantitative estimate of drug-likeness (QED) is 0.567. The van der Waals surface area contributed by atoms with Gasteiger partial charge in [-0.2, -0.15) is 0 Å². The largest absolute Gasteiger partial charge is 0.497 e. The summed E-state index contributed by atoms with van der Waals surface area (Å²) >= 11 is 0. The topological polar surface area (TPSA) is 31.6 Å². The van der Waals surface area contributed by atoms with Crippen molar-refractivity contribution in [3.8, 4) is 11.5 Å². The number of rotatable bonds is 7. The number of ether oxygens (including phenoxy) is 2. The lowest BCUT2D eigenvalue weighted by Gasteiger charge is -2.05. The minimum Gasteiger partial charge on any atom is -0.497 e. The van der Waals surface area contributed by atoms with Crippen LogP contribution in [0.1, 0.15) is 16.9 Å². The van der Waals surface area contributed by atoms with Gasteiger partial charge in [-0.25, -0.2) is 0 Å². The molecular formula is C21H22O3. The van der Waals surface area contributed by atoms with Gasteiger partial charge in [0.05, 0.1) is 12.5 Å². The van der Waals surface area contributed by atoms with Crippen molar-refractivity contribution in [1.29, 1.82) is 0 Å². The first-order chi connectivity index (χ1) is 11.7. The third-order valence-electron chi connectivity index (χ3n) is 4.17. The van der Waals surface area contributed by atoms with Crippen LogP contribution in [-0.2, 0) is 12.8 Å². The fourth-order valence-corrected chi connectivity index (χ4v) is 2.87. The van der Waals surface area contributed by atoms with Crippen LogP contribution < -0.4 is 9.47 Å². The van der Waals surface area contributed by atoms with E-state index in [4.69, 9.17) is 13.9 Å². The van der Waals surface area contributed by atoms with Gasteiger partial charge in [-0.15, -0.1) is 0 Å². The predicted molar refractivity (Wildman–Crippen MR) is 97.0 cm³/mol. The highest BCUT2D eigenvalue weighted by atomic mass is 16.5. The molecule has 0 fully saturated rings. The molecule has 0 saturated heterocycles. The Labute approximate surface area is 142 Å². The van der Waals surface area contributed by atoms with E-state index in [1.54, 1.807) is 13.2 Å². The Morgan fingerprint density at radius 2 is 1.88 bits per heavy atom. The molecule has 124 valence electrons. The second kappa shape index (κ2) is 7.26. The first-order valence-corrected chi connectivity index (χ1v) is 8.10. The van der Waals surface area contributed by atoms with Crippen LogP contribution in [0, 0.1) is 6.92 Å². The zero-order valence-corrected chi connectivity index (χ0v) is 14.2. The molecule has 0 aliphatic heterocycles. The van der Waals surface area contributed by atoms with E-state index in [1.165, 1.54) is 5.56 Å². The average molecular weight is 322 g/mol. The van der Waals surface area contributed by atoms with Gasteiger partial charge in [0.15, 0.2) is 0 Å². The molecule has 0 spiro atoms. The summed E-state index contributed by atoms with van der Waals surface area (Å²) in [5, 5.41) is 1.06. The molecule has 0 radical (unpaired) electrons. The molecule has 1 heterocycles. The van der Waals surface area contributed by atoms with E-state index >= 15 is 0 Å². The monoisotopic (exact) mass is 322 g/mol. The third kappa shape index (κ3) is 3.30. The van der Waals surface area contributed by atoms with Crippen LogP contribution in [0.15, 0.2) is 59.5 Å². The average Bonchev–Trinajstić information content (AvgIpc) is 2.95. The molecule has 0 aliphatic rings. The van der Waals surface area contributed by atoms with E-state index in [2.05, 4.69) is 25.6 Å². The van der Waals surface area contributed by atoms with Crippen LogP contribution in [0.5, 0.6) is 11.5 Å². The van der Waals surface area contributed by atoms with Crippen molar-refractivity contribution in [3.05, 3.63) is 72.0 Å². The lowest BCUT2D eigenvalue weighted by atomic mass is 10.0. The van der Waals surface area contributed by atoms with Gasteiger partial charge in [-0.3, -0.25) is 0 Å². The summed E-state index contributed by atoms with van der Waals surface area (Å²) in [7, 11) is 1.68. The molecule has 2 aromatic carbocycles. The molecule has 0 unspecified atom stereocenters.